The number of fused-ring (bicyclic) bond motifs is 2. The molecule has 172 valence electrons. The van der Waals surface area contributed by atoms with Gasteiger partial charge in [0.25, 0.3) is 5.91 Å². The van der Waals surface area contributed by atoms with E-state index in [4.69, 9.17) is 9.15 Å². The fraction of sp³-hybridized carbons (Fsp3) is 0.120. The zero-order valence-corrected chi connectivity index (χ0v) is 19.1. The Kier molecular flexibility index (Phi) is 5.24. The Balaban J connectivity index is 1.78. The minimum absolute atomic E-state index is 0.00307. The number of benzene rings is 3. The Bertz CT molecular complexity index is 1500. The number of carbonyl (C=O) groups excluding carboxylic acids is 1. The Morgan fingerprint density at radius 3 is 2.41 bits per heavy atom. The van der Waals surface area contributed by atoms with Crippen molar-refractivity contribution in [2.45, 2.75) is 12.2 Å². The van der Waals surface area contributed by atoms with Crippen LogP contribution in [0.15, 0.2) is 80.4 Å². The van der Waals surface area contributed by atoms with E-state index >= 15 is 0 Å². The van der Waals surface area contributed by atoms with Gasteiger partial charge in [0.2, 0.25) is 5.76 Å². The molecule has 1 aromatic heterocycles. The van der Waals surface area contributed by atoms with Gasteiger partial charge in [0.05, 0.1) is 29.7 Å². The van der Waals surface area contributed by atoms with Gasteiger partial charge in [-0.2, -0.15) is 13.2 Å². The highest BCUT2D eigenvalue weighted by Gasteiger charge is 2.44. The van der Waals surface area contributed by atoms with Crippen LogP contribution in [0.25, 0.3) is 11.0 Å². The molecule has 1 aliphatic heterocycles. The highest BCUT2D eigenvalue weighted by molar-refractivity contribution is 9.10. The summed E-state index contributed by atoms with van der Waals surface area (Å²) in [6.45, 7) is 0. The molecule has 0 radical (unpaired) electrons. The molecule has 1 unspecified atom stereocenters. The number of rotatable bonds is 3. The Labute approximate surface area is 199 Å². The first kappa shape index (κ1) is 22.2. The van der Waals surface area contributed by atoms with Crippen LogP contribution in [0.5, 0.6) is 5.75 Å². The van der Waals surface area contributed by atoms with Crippen molar-refractivity contribution in [2.75, 3.05) is 12.0 Å². The van der Waals surface area contributed by atoms with Gasteiger partial charge in [0.15, 0.2) is 5.43 Å². The second-order valence-electron chi connectivity index (χ2n) is 7.71. The maximum atomic E-state index is 13.6. The molecule has 3 aromatic carbocycles. The number of nitrogens with zero attached hydrogens (tertiary/aromatic N) is 1. The molecule has 0 spiro atoms. The Hall–Kier alpha value is -3.59. The van der Waals surface area contributed by atoms with E-state index < -0.39 is 29.1 Å². The molecule has 5 nitrogen and oxygen atoms in total. The molecule has 0 fully saturated rings. The third-order valence-corrected chi connectivity index (χ3v) is 6.21. The average molecular weight is 530 g/mol. The third kappa shape index (κ3) is 3.56. The van der Waals surface area contributed by atoms with Crippen molar-refractivity contribution >= 4 is 38.5 Å². The lowest BCUT2D eigenvalue weighted by Crippen LogP contribution is -2.29. The minimum Gasteiger partial charge on any atom is -0.497 e. The number of halogens is 4. The van der Waals surface area contributed by atoms with Crippen LogP contribution in [-0.4, -0.2) is 13.0 Å². The molecule has 1 aliphatic rings. The highest BCUT2D eigenvalue weighted by Crippen LogP contribution is 2.43. The molecular formula is C25H15BrF3NO4. The molecule has 1 atom stereocenters. The predicted octanol–water partition coefficient (Wildman–Crippen LogP) is 6.33. The Morgan fingerprint density at radius 2 is 1.74 bits per heavy atom. The van der Waals surface area contributed by atoms with Gasteiger partial charge in [-0.15, -0.1) is 0 Å². The van der Waals surface area contributed by atoms with Gasteiger partial charge in [-0.1, -0.05) is 34.1 Å². The van der Waals surface area contributed by atoms with Crippen LogP contribution in [0.3, 0.4) is 0 Å². The number of amides is 1. The van der Waals surface area contributed by atoms with E-state index in [0.29, 0.717) is 15.8 Å². The number of anilines is 1. The summed E-state index contributed by atoms with van der Waals surface area (Å²) in [4.78, 5) is 28.2. The van der Waals surface area contributed by atoms with Gasteiger partial charge >= 0.3 is 6.18 Å². The van der Waals surface area contributed by atoms with Crippen molar-refractivity contribution in [3.63, 3.8) is 0 Å². The number of hydrogen-bond donors (Lipinski definition) is 0. The first-order valence-electron chi connectivity index (χ1n) is 10.1. The lowest BCUT2D eigenvalue weighted by Gasteiger charge is -2.26. The number of methoxy groups -OCH3 is 1. The monoisotopic (exact) mass is 529 g/mol. The van der Waals surface area contributed by atoms with Crippen molar-refractivity contribution in [1.29, 1.82) is 0 Å². The van der Waals surface area contributed by atoms with Crippen molar-refractivity contribution in [2.24, 2.45) is 0 Å². The SMILES string of the molecule is COc1ccc(C2c3c(oc4ccc(Br)cc4c3=O)C(=O)N2c2cccc(C(F)(F)F)c2)cc1. The van der Waals surface area contributed by atoms with Gasteiger partial charge < -0.3 is 9.15 Å². The fourth-order valence-corrected chi connectivity index (χ4v) is 4.51. The molecule has 9 heteroatoms. The third-order valence-electron chi connectivity index (χ3n) is 5.72. The molecule has 0 aliphatic carbocycles. The molecular weight excluding hydrogens is 515 g/mol. The van der Waals surface area contributed by atoms with Crippen LogP contribution in [0.4, 0.5) is 18.9 Å². The maximum Gasteiger partial charge on any atom is 0.416 e. The van der Waals surface area contributed by atoms with Crippen LogP contribution in [0.2, 0.25) is 0 Å². The molecule has 0 bridgehead atoms. The summed E-state index contributed by atoms with van der Waals surface area (Å²) < 4.78 is 51.9. The van der Waals surface area contributed by atoms with Crippen LogP contribution < -0.4 is 15.1 Å². The molecule has 0 saturated heterocycles. The lowest BCUT2D eigenvalue weighted by atomic mass is 9.98. The van der Waals surface area contributed by atoms with Crippen molar-refractivity contribution in [3.8, 4) is 5.75 Å². The average Bonchev–Trinajstić information content (AvgIpc) is 3.11. The number of hydrogen-bond acceptors (Lipinski definition) is 4. The zero-order chi connectivity index (χ0) is 24.2. The lowest BCUT2D eigenvalue weighted by molar-refractivity contribution is -0.137. The van der Waals surface area contributed by atoms with Crippen molar-refractivity contribution in [1.82, 2.24) is 0 Å². The van der Waals surface area contributed by atoms with Crippen LogP contribution >= 0.6 is 15.9 Å². The summed E-state index contributed by atoms with van der Waals surface area (Å²) >= 11 is 3.33. The smallest absolute Gasteiger partial charge is 0.416 e. The second-order valence-corrected chi connectivity index (χ2v) is 8.63. The molecule has 34 heavy (non-hydrogen) atoms. The summed E-state index contributed by atoms with van der Waals surface area (Å²) in [5.41, 5.74) is -0.543. The van der Waals surface area contributed by atoms with Gasteiger partial charge in [0.1, 0.15) is 11.3 Å². The van der Waals surface area contributed by atoms with Crippen LogP contribution in [-0.2, 0) is 6.18 Å². The molecule has 0 N–H and O–H groups in total. The van der Waals surface area contributed by atoms with E-state index in [1.54, 1.807) is 42.5 Å². The number of alkyl halides is 3. The van der Waals surface area contributed by atoms with E-state index in [1.165, 1.54) is 24.1 Å². The molecule has 1 amide bonds. The molecule has 5 rings (SSSR count). The number of carbonyl (C=O) groups is 1. The minimum atomic E-state index is -4.60. The first-order valence-corrected chi connectivity index (χ1v) is 10.9. The van der Waals surface area contributed by atoms with E-state index in [9.17, 15) is 22.8 Å². The summed E-state index contributed by atoms with van der Waals surface area (Å²) in [5, 5.41) is 0.255. The van der Waals surface area contributed by atoms with Gasteiger partial charge in [-0.05, 0) is 54.1 Å². The van der Waals surface area contributed by atoms with Crippen molar-refractivity contribution in [3.05, 3.63) is 104 Å². The quantitative estimate of drug-likeness (QED) is 0.311. The topological polar surface area (TPSA) is 59.8 Å². The first-order chi connectivity index (χ1) is 16.2. The molecule has 4 aromatic rings. The van der Waals surface area contributed by atoms with Crippen LogP contribution in [0, 0.1) is 0 Å². The number of ether oxygens (including phenoxy) is 1. The molecule has 2 heterocycles. The summed E-state index contributed by atoms with van der Waals surface area (Å²) in [5.74, 6) is -0.344. The van der Waals surface area contributed by atoms with Crippen LogP contribution in [0.1, 0.15) is 33.3 Å². The van der Waals surface area contributed by atoms with Gasteiger partial charge in [-0.3, -0.25) is 14.5 Å². The van der Waals surface area contributed by atoms with Gasteiger partial charge in [-0.25, -0.2) is 0 Å². The van der Waals surface area contributed by atoms with E-state index in [0.717, 1.165) is 12.1 Å². The summed E-state index contributed by atoms with van der Waals surface area (Å²) in [6.07, 6.45) is -4.60. The maximum absolute atomic E-state index is 13.6. The highest BCUT2D eigenvalue weighted by atomic mass is 79.9. The zero-order valence-electron chi connectivity index (χ0n) is 17.5. The normalized spacial score (nSPS) is 15.6. The van der Waals surface area contributed by atoms with E-state index in [1.807, 2.05) is 0 Å². The van der Waals surface area contributed by atoms with Gasteiger partial charge in [0, 0.05) is 10.2 Å². The van der Waals surface area contributed by atoms with Crippen molar-refractivity contribution < 1.29 is 27.1 Å². The molecule has 0 saturated carbocycles. The largest absolute Gasteiger partial charge is 0.497 e. The fourth-order valence-electron chi connectivity index (χ4n) is 4.15. The van der Waals surface area contributed by atoms with E-state index in [-0.39, 0.29) is 28.0 Å². The summed E-state index contributed by atoms with van der Waals surface area (Å²) in [7, 11) is 1.50. The Morgan fingerprint density at radius 1 is 1.00 bits per heavy atom. The van der Waals surface area contributed by atoms with E-state index in [2.05, 4.69) is 15.9 Å². The second kappa shape index (κ2) is 8.02. The standard InChI is InChI=1S/C25H15BrF3NO4/c1-33-17-8-5-13(6-9-17)21-20-22(31)18-12-15(26)7-10-19(18)34-23(20)24(32)30(21)16-4-2-3-14(11-16)25(27,28)29/h2-12,21H,1H3. The predicted molar refractivity (Wildman–Crippen MR) is 123 cm³/mol. The summed E-state index contributed by atoms with van der Waals surface area (Å²) in [6, 6.07) is 14.9.